The molecule has 210 valence electrons. The number of aliphatic carboxylic acids is 1. The normalized spacial score (nSPS) is 12.0. The first-order chi connectivity index (χ1) is 19.1. The number of benzene rings is 2. The second-order valence-electron chi connectivity index (χ2n) is 9.77. The van der Waals surface area contributed by atoms with Gasteiger partial charge in [-0.1, -0.05) is 30.3 Å². The van der Waals surface area contributed by atoms with E-state index in [-0.39, 0.29) is 25.1 Å². The Morgan fingerprint density at radius 1 is 0.925 bits per heavy atom. The Labute approximate surface area is 235 Å². The topological polar surface area (TPSA) is 139 Å². The lowest BCUT2D eigenvalue weighted by molar-refractivity contribution is -0.141. The van der Waals surface area contributed by atoms with Crippen LogP contribution in [-0.4, -0.2) is 41.2 Å². The summed E-state index contributed by atoms with van der Waals surface area (Å²) in [7, 11) is 0. The monoisotopic (exact) mass is 564 g/mol. The number of aryl methyl sites for hydroxylation is 4. The summed E-state index contributed by atoms with van der Waals surface area (Å²) < 4.78 is 11.5. The van der Waals surface area contributed by atoms with Gasteiger partial charge >= 0.3 is 11.6 Å². The highest BCUT2D eigenvalue weighted by atomic mass is 32.2. The zero-order chi connectivity index (χ0) is 29.0. The van der Waals surface area contributed by atoms with Crippen molar-refractivity contribution in [2.75, 3.05) is 12.3 Å². The van der Waals surface area contributed by atoms with Crippen molar-refractivity contribution in [1.82, 2.24) is 10.6 Å². The van der Waals surface area contributed by atoms with E-state index in [1.165, 1.54) is 11.8 Å². The van der Waals surface area contributed by atoms with Crippen LogP contribution in [0.15, 0.2) is 50.0 Å². The van der Waals surface area contributed by atoms with Crippen LogP contribution in [0.4, 0.5) is 0 Å². The summed E-state index contributed by atoms with van der Waals surface area (Å²) in [5.41, 5.74) is 4.58. The molecule has 0 radical (unpaired) electrons. The molecule has 0 unspecified atom stereocenters. The lowest BCUT2D eigenvalue weighted by Crippen LogP contribution is -2.46. The van der Waals surface area contributed by atoms with E-state index in [2.05, 4.69) is 10.6 Å². The van der Waals surface area contributed by atoms with Gasteiger partial charge in [0.1, 0.15) is 23.0 Å². The molecule has 0 saturated carbocycles. The molecule has 0 saturated heterocycles. The lowest BCUT2D eigenvalue weighted by Gasteiger charge is -2.15. The summed E-state index contributed by atoms with van der Waals surface area (Å²) in [6, 6.07) is 10.5. The highest BCUT2D eigenvalue weighted by Gasteiger charge is 2.21. The molecule has 0 bridgehead atoms. The van der Waals surface area contributed by atoms with Gasteiger partial charge in [-0.2, -0.15) is 11.8 Å². The van der Waals surface area contributed by atoms with Gasteiger partial charge in [0.05, 0.1) is 6.54 Å². The Hall–Kier alpha value is -4.05. The minimum absolute atomic E-state index is 0.0370. The fraction of sp³-hybridized carbons (Fsp3) is 0.333. The second kappa shape index (κ2) is 12.4. The summed E-state index contributed by atoms with van der Waals surface area (Å²) in [6.45, 7) is 7.18. The molecule has 3 N–H and O–H groups in total. The number of carbonyl (C=O) groups is 3. The zero-order valence-corrected chi connectivity index (χ0v) is 23.7. The van der Waals surface area contributed by atoms with Gasteiger partial charge in [0.25, 0.3) is 0 Å². The van der Waals surface area contributed by atoms with E-state index in [1.807, 2.05) is 64.1 Å². The van der Waals surface area contributed by atoms with Crippen LogP contribution in [0.2, 0.25) is 0 Å². The van der Waals surface area contributed by atoms with Gasteiger partial charge in [0.2, 0.25) is 11.8 Å². The Balaban J connectivity index is 1.34. The number of furan rings is 1. The Morgan fingerprint density at radius 3 is 2.30 bits per heavy atom. The van der Waals surface area contributed by atoms with Crippen molar-refractivity contribution in [3.63, 3.8) is 0 Å². The number of carboxylic acids is 1. The van der Waals surface area contributed by atoms with Crippen molar-refractivity contribution in [2.24, 2.45) is 0 Å². The number of rotatable bonds is 11. The molecule has 1 atom stereocenters. The number of amides is 2. The van der Waals surface area contributed by atoms with Crippen LogP contribution < -0.4 is 16.3 Å². The highest BCUT2D eigenvalue weighted by molar-refractivity contribution is 7.98. The van der Waals surface area contributed by atoms with E-state index in [0.717, 1.165) is 38.8 Å². The predicted octanol–water partition coefficient (Wildman–Crippen LogP) is 4.32. The van der Waals surface area contributed by atoms with Gasteiger partial charge in [-0.05, 0) is 56.9 Å². The molecular weight excluding hydrogens is 532 g/mol. The molecule has 0 fully saturated rings. The van der Waals surface area contributed by atoms with Gasteiger partial charge in [-0.25, -0.2) is 9.59 Å². The van der Waals surface area contributed by atoms with Crippen molar-refractivity contribution in [3.05, 3.63) is 80.4 Å². The third-order valence-corrected chi connectivity index (χ3v) is 8.13. The largest absolute Gasteiger partial charge is 0.480 e. The van der Waals surface area contributed by atoms with Crippen LogP contribution in [0.25, 0.3) is 21.9 Å². The minimum Gasteiger partial charge on any atom is -0.480 e. The number of nitrogens with one attached hydrogen (secondary N) is 2. The van der Waals surface area contributed by atoms with Crippen molar-refractivity contribution in [2.45, 2.75) is 52.3 Å². The molecule has 2 amide bonds. The number of hydrogen-bond donors (Lipinski definition) is 3. The molecule has 0 aliphatic carbocycles. The Bertz CT molecular complexity index is 1640. The number of hydrogen-bond acceptors (Lipinski definition) is 7. The molecule has 4 aromatic rings. The fourth-order valence-corrected chi connectivity index (χ4v) is 5.58. The quantitative estimate of drug-likeness (QED) is 0.229. The number of carbonyl (C=O) groups excluding carboxylic acids is 2. The molecule has 40 heavy (non-hydrogen) atoms. The zero-order valence-electron chi connectivity index (χ0n) is 22.9. The first-order valence-electron chi connectivity index (χ1n) is 12.9. The van der Waals surface area contributed by atoms with Crippen LogP contribution in [-0.2, 0) is 26.6 Å². The lowest BCUT2D eigenvalue weighted by atomic mass is 9.98. The maximum atomic E-state index is 12.8. The molecule has 2 aromatic heterocycles. The van der Waals surface area contributed by atoms with E-state index < -0.39 is 29.5 Å². The van der Waals surface area contributed by atoms with Crippen LogP contribution in [0.3, 0.4) is 0 Å². The summed E-state index contributed by atoms with van der Waals surface area (Å²) >= 11 is 1.39. The van der Waals surface area contributed by atoms with Crippen molar-refractivity contribution in [3.8, 4) is 0 Å². The number of carboxylic acid groups (broad SMARTS) is 1. The van der Waals surface area contributed by atoms with E-state index in [9.17, 15) is 24.3 Å². The van der Waals surface area contributed by atoms with Crippen molar-refractivity contribution in [1.29, 1.82) is 0 Å². The maximum absolute atomic E-state index is 12.8. The molecule has 2 aromatic carbocycles. The standard InChI is InChI=1S/C30H32N2O7S/c1-16-19(4)38-27-18(3)28-23(12-22(16)27)17(2)21(30(37)39-28)10-11-25(33)31-13-26(34)32-24(29(35)36)15-40-14-20-8-6-5-7-9-20/h5-9,12,24H,10-11,13-15H2,1-4H3,(H,31,33)(H,32,34)(H,35,36)/t24-/m0/s1. The van der Waals surface area contributed by atoms with Gasteiger partial charge in [-0.15, -0.1) is 0 Å². The Kier molecular flexibility index (Phi) is 8.99. The smallest absolute Gasteiger partial charge is 0.339 e. The van der Waals surface area contributed by atoms with E-state index >= 15 is 0 Å². The average molecular weight is 565 g/mol. The molecule has 9 nitrogen and oxygen atoms in total. The molecule has 10 heteroatoms. The Morgan fingerprint density at radius 2 is 1.60 bits per heavy atom. The molecule has 0 aliphatic heterocycles. The van der Waals surface area contributed by atoms with Crippen molar-refractivity contribution >= 4 is 51.5 Å². The van der Waals surface area contributed by atoms with E-state index in [1.54, 1.807) is 0 Å². The summed E-state index contributed by atoms with van der Waals surface area (Å²) in [5, 5.41) is 16.2. The van der Waals surface area contributed by atoms with E-state index in [0.29, 0.717) is 22.5 Å². The third kappa shape index (κ3) is 6.39. The number of thioether (sulfide) groups is 1. The van der Waals surface area contributed by atoms with Gasteiger partial charge < -0.3 is 24.6 Å². The van der Waals surface area contributed by atoms with Crippen LogP contribution in [0, 0.1) is 27.7 Å². The molecule has 2 heterocycles. The molecular formula is C30H32N2O7S. The van der Waals surface area contributed by atoms with Crippen molar-refractivity contribution < 1.29 is 28.3 Å². The van der Waals surface area contributed by atoms with Crippen LogP contribution in [0.5, 0.6) is 0 Å². The molecule has 4 rings (SSSR count). The fourth-order valence-electron chi connectivity index (χ4n) is 4.58. The molecule has 0 spiro atoms. The van der Waals surface area contributed by atoms with Gasteiger partial charge in [0.15, 0.2) is 0 Å². The first-order valence-corrected chi connectivity index (χ1v) is 14.1. The summed E-state index contributed by atoms with van der Waals surface area (Å²) in [6.07, 6.45) is 0.0939. The third-order valence-electron chi connectivity index (χ3n) is 7.02. The van der Waals surface area contributed by atoms with E-state index in [4.69, 9.17) is 8.83 Å². The summed E-state index contributed by atoms with van der Waals surface area (Å²) in [4.78, 5) is 49.2. The van der Waals surface area contributed by atoms with Crippen LogP contribution in [0.1, 0.15) is 40.0 Å². The SMILES string of the molecule is Cc1oc2c(C)c3oc(=O)c(CCC(=O)NCC(=O)N[C@@H](CSCc4ccccc4)C(=O)O)c(C)c3cc2c1C. The van der Waals surface area contributed by atoms with Gasteiger partial charge in [-0.3, -0.25) is 9.59 Å². The van der Waals surface area contributed by atoms with Gasteiger partial charge in [0, 0.05) is 39.8 Å². The first kappa shape index (κ1) is 28.9. The van der Waals surface area contributed by atoms with Crippen LogP contribution >= 0.6 is 11.8 Å². The average Bonchev–Trinajstić information content (AvgIpc) is 3.21. The number of fused-ring (bicyclic) bond motifs is 2. The molecule has 0 aliphatic rings. The minimum atomic E-state index is -1.15. The summed E-state index contributed by atoms with van der Waals surface area (Å²) in [5.74, 6) is -0.586. The second-order valence-corrected chi connectivity index (χ2v) is 10.8. The predicted molar refractivity (Wildman–Crippen MR) is 155 cm³/mol. The highest BCUT2D eigenvalue weighted by Crippen LogP contribution is 2.34. The maximum Gasteiger partial charge on any atom is 0.339 e.